The van der Waals surface area contributed by atoms with Crippen molar-refractivity contribution < 1.29 is 14.1 Å². The van der Waals surface area contributed by atoms with Crippen LogP contribution in [0.15, 0.2) is 23.8 Å². The number of ether oxygens (including phenoxy) is 1. The van der Waals surface area contributed by atoms with Crippen LogP contribution < -0.4 is 0 Å². The normalized spacial score (nSPS) is 20.1. The summed E-state index contributed by atoms with van der Waals surface area (Å²) in [4.78, 5) is 11.5. The number of hydrogen-bond acceptors (Lipinski definition) is 2. The van der Waals surface area contributed by atoms with Crippen LogP contribution in [0.4, 0.5) is 0 Å². The van der Waals surface area contributed by atoms with Crippen LogP contribution in [0, 0.1) is 5.92 Å². The lowest BCUT2D eigenvalue weighted by Gasteiger charge is -2.20. The summed E-state index contributed by atoms with van der Waals surface area (Å²) in [5.74, 6) is 0.473. The molecule has 0 saturated heterocycles. The molecule has 0 aromatic heterocycles. The maximum absolute atomic E-state index is 11.5. The third kappa shape index (κ3) is 3.65. The van der Waals surface area contributed by atoms with Gasteiger partial charge < -0.3 is 4.74 Å². The molecule has 0 aromatic rings. The lowest BCUT2D eigenvalue weighted by atomic mass is 9.85. The highest BCUT2D eigenvalue weighted by molar-refractivity contribution is 5.95. The molecular weight excluding hydrogens is 202 g/mol. The average molecular weight is 222 g/mol. The maximum atomic E-state index is 11.5. The van der Waals surface area contributed by atoms with E-state index < -0.39 is 0 Å². The highest BCUT2D eigenvalue weighted by Gasteiger charge is 2.21. The minimum Gasteiger partial charge on any atom is -0.446 e. The molecule has 1 aliphatic carbocycles. The van der Waals surface area contributed by atoms with E-state index in [1.807, 2.05) is 31.7 Å². The van der Waals surface area contributed by atoms with Gasteiger partial charge in [-0.05, 0) is 30.4 Å². The lowest BCUT2D eigenvalue weighted by Crippen LogP contribution is -2.18. The second-order valence-corrected chi connectivity index (χ2v) is 4.49. The Morgan fingerprint density at radius 1 is 1.69 bits per heavy atom. The van der Waals surface area contributed by atoms with Crippen LogP contribution in [-0.2, 0) is 9.53 Å². The first kappa shape index (κ1) is 12.7. The summed E-state index contributed by atoms with van der Waals surface area (Å²) in [7, 11) is 3.80. The highest BCUT2D eigenvalue weighted by Crippen LogP contribution is 2.25. The van der Waals surface area contributed by atoms with Gasteiger partial charge in [0.25, 0.3) is 0 Å². The number of nitrogens with zero attached hydrogens (tertiary/aromatic N) is 1. The summed E-state index contributed by atoms with van der Waals surface area (Å²) in [6, 6.07) is 0. The predicted molar refractivity (Wildman–Crippen MR) is 64.8 cm³/mol. The summed E-state index contributed by atoms with van der Waals surface area (Å²) >= 11 is 0. The van der Waals surface area contributed by atoms with E-state index in [2.05, 4.69) is 6.58 Å². The summed E-state index contributed by atoms with van der Waals surface area (Å²) in [6.45, 7) is 6.35. The first-order chi connectivity index (χ1) is 7.50. The Hall–Kier alpha value is -1.38. The van der Waals surface area contributed by atoms with E-state index in [1.165, 1.54) is 0 Å². The quantitative estimate of drug-likeness (QED) is 0.314. The van der Waals surface area contributed by atoms with Gasteiger partial charge in [-0.1, -0.05) is 12.7 Å². The molecule has 0 aliphatic heterocycles. The van der Waals surface area contributed by atoms with E-state index in [-0.39, 0.29) is 11.7 Å². The van der Waals surface area contributed by atoms with Crippen LogP contribution in [0.5, 0.6) is 0 Å². The molecule has 0 spiro atoms. The predicted octanol–water partition coefficient (Wildman–Crippen LogP) is 1.79. The first-order valence-electron chi connectivity index (χ1n) is 5.49. The van der Waals surface area contributed by atoms with Gasteiger partial charge in [0.05, 0.1) is 0 Å². The van der Waals surface area contributed by atoms with Crippen molar-refractivity contribution in [2.24, 2.45) is 5.92 Å². The average Bonchev–Trinajstić information content (AvgIpc) is 2.21. The standard InChI is InChI=1S/C13H20NO2/c1-10-5-6-12(7-13(10)15)11(2)8-16-9-14(3)4/h5,9,12H,2,6-8H2,1,3-4H3/q+1. The van der Waals surface area contributed by atoms with Crippen LogP contribution >= 0.6 is 0 Å². The molecule has 0 bridgehead atoms. The van der Waals surface area contributed by atoms with Crippen LogP contribution in [-0.4, -0.2) is 37.5 Å². The van der Waals surface area contributed by atoms with Crippen LogP contribution in [0.1, 0.15) is 19.8 Å². The van der Waals surface area contributed by atoms with Crippen LogP contribution in [0.2, 0.25) is 0 Å². The maximum Gasteiger partial charge on any atom is 0.323 e. The molecule has 88 valence electrons. The van der Waals surface area contributed by atoms with E-state index in [4.69, 9.17) is 4.74 Å². The molecule has 0 heterocycles. The Morgan fingerprint density at radius 2 is 2.38 bits per heavy atom. The highest BCUT2D eigenvalue weighted by atomic mass is 16.5. The van der Waals surface area contributed by atoms with Gasteiger partial charge in [-0.3, -0.25) is 4.79 Å². The molecule has 16 heavy (non-hydrogen) atoms. The molecule has 0 amide bonds. The SMILES string of the molecule is C=C(COC=[N+](C)C)C1CC=C(C)C(=O)C1. The van der Waals surface area contributed by atoms with Gasteiger partial charge in [0, 0.05) is 6.42 Å². The number of ketones is 1. The molecule has 0 saturated carbocycles. The molecular formula is C13H20NO2+. The van der Waals surface area contributed by atoms with Crippen molar-refractivity contribution in [2.75, 3.05) is 20.7 Å². The topological polar surface area (TPSA) is 29.3 Å². The molecule has 0 fully saturated rings. The second kappa shape index (κ2) is 5.64. The molecule has 3 nitrogen and oxygen atoms in total. The number of rotatable bonds is 4. The van der Waals surface area contributed by atoms with Crippen molar-refractivity contribution >= 4 is 12.2 Å². The monoisotopic (exact) mass is 222 g/mol. The van der Waals surface area contributed by atoms with Gasteiger partial charge in [-0.25, -0.2) is 4.58 Å². The first-order valence-corrected chi connectivity index (χ1v) is 5.49. The second-order valence-electron chi connectivity index (χ2n) is 4.49. The van der Waals surface area contributed by atoms with E-state index in [0.29, 0.717) is 13.0 Å². The molecule has 3 heteroatoms. The van der Waals surface area contributed by atoms with E-state index >= 15 is 0 Å². The van der Waals surface area contributed by atoms with E-state index in [0.717, 1.165) is 17.6 Å². The van der Waals surface area contributed by atoms with Gasteiger partial charge in [-0.2, -0.15) is 0 Å². The largest absolute Gasteiger partial charge is 0.446 e. The molecule has 1 rings (SSSR count). The Balaban J connectivity index is 2.45. The van der Waals surface area contributed by atoms with Gasteiger partial charge in [0.15, 0.2) is 5.78 Å². The minimum absolute atomic E-state index is 0.231. The van der Waals surface area contributed by atoms with Gasteiger partial charge in [0.2, 0.25) is 0 Å². The van der Waals surface area contributed by atoms with Gasteiger partial charge in [0.1, 0.15) is 20.7 Å². The van der Waals surface area contributed by atoms with Crippen molar-refractivity contribution in [2.45, 2.75) is 19.8 Å². The van der Waals surface area contributed by atoms with Crippen molar-refractivity contribution in [3.63, 3.8) is 0 Å². The van der Waals surface area contributed by atoms with Crippen LogP contribution in [0.25, 0.3) is 0 Å². The molecule has 1 unspecified atom stereocenters. The number of hydrogen-bond donors (Lipinski definition) is 0. The number of carbonyl (C=O) groups is 1. The zero-order valence-corrected chi connectivity index (χ0v) is 10.3. The number of allylic oxidation sites excluding steroid dienone is 2. The van der Waals surface area contributed by atoms with Crippen LogP contribution in [0.3, 0.4) is 0 Å². The fourth-order valence-corrected chi connectivity index (χ4v) is 1.62. The summed E-state index contributed by atoms with van der Waals surface area (Å²) in [5, 5.41) is 0. The summed E-state index contributed by atoms with van der Waals surface area (Å²) in [5.41, 5.74) is 1.88. The summed E-state index contributed by atoms with van der Waals surface area (Å²) in [6.07, 6.45) is 5.13. The van der Waals surface area contributed by atoms with E-state index in [1.54, 1.807) is 6.40 Å². The molecule has 0 aromatic carbocycles. The zero-order valence-electron chi connectivity index (χ0n) is 10.3. The van der Waals surface area contributed by atoms with Gasteiger partial charge >= 0.3 is 6.40 Å². The summed E-state index contributed by atoms with van der Waals surface area (Å²) < 4.78 is 7.18. The van der Waals surface area contributed by atoms with Crippen molar-refractivity contribution in [1.82, 2.24) is 0 Å². The zero-order chi connectivity index (χ0) is 12.1. The molecule has 1 aliphatic rings. The fourth-order valence-electron chi connectivity index (χ4n) is 1.62. The Morgan fingerprint density at radius 3 is 2.94 bits per heavy atom. The Labute approximate surface area is 97.1 Å². The van der Waals surface area contributed by atoms with Gasteiger partial charge in [-0.15, -0.1) is 0 Å². The third-order valence-corrected chi connectivity index (χ3v) is 2.71. The number of carbonyl (C=O) groups excluding carboxylic acids is 1. The lowest BCUT2D eigenvalue weighted by molar-refractivity contribution is -0.468. The van der Waals surface area contributed by atoms with Crippen molar-refractivity contribution in [3.05, 3.63) is 23.8 Å². The smallest absolute Gasteiger partial charge is 0.323 e. The third-order valence-electron chi connectivity index (χ3n) is 2.71. The molecule has 1 atom stereocenters. The molecule has 0 radical (unpaired) electrons. The fraction of sp³-hybridized carbons (Fsp3) is 0.538. The molecule has 0 N–H and O–H groups in total. The Bertz CT molecular complexity index is 349. The number of Topliss-reactive ketones (excluding diaryl/α,β-unsaturated/α-hetero) is 1. The van der Waals surface area contributed by atoms with E-state index in [9.17, 15) is 4.79 Å². The van der Waals surface area contributed by atoms with Crippen molar-refractivity contribution in [3.8, 4) is 0 Å². The Kier molecular flexibility index (Phi) is 4.47. The van der Waals surface area contributed by atoms with Crippen molar-refractivity contribution in [1.29, 1.82) is 0 Å². The minimum atomic E-state index is 0.231.